The molecule has 1 aliphatic heterocycles. The Morgan fingerprint density at radius 1 is 1.22 bits per heavy atom. The van der Waals surface area contributed by atoms with Crippen molar-refractivity contribution >= 4 is 17.6 Å². The number of halogens is 1. The topological polar surface area (TPSA) is 108 Å². The molecule has 140 valence electrons. The predicted octanol–water partition coefficient (Wildman–Crippen LogP) is 3.36. The van der Waals surface area contributed by atoms with Gasteiger partial charge in [0.2, 0.25) is 0 Å². The van der Waals surface area contributed by atoms with E-state index in [1.807, 2.05) is 29.7 Å². The highest BCUT2D eigenvalue weighted by Gasteiger charge is 2.33. The van der Waals surface area contributed by atoms with Gasteiger partial charge in [-0.2, -0.15) is 5.11 Å². The molecule has 0 aromatic heterocycles. The lowest BCUT2D eigenvalue weighted by molar-refractivity contribution is 0.230. The molecule has 2 aromatic carbocycles. The average Bonchev–Trinajstić information content (AvgIpc) is 3.11. The van der Waals surface area contributed by atoms with Gasteiger partial charge in [0.15, 0.2) is 0 Å². The van der Waals surface area contributed by atoms with E-state index >= 15 is 0 Å². The molecular weight excluding hydrogens is 353 g/mol. The van der Waals surface area contributed by atoms with Gasteiger partial charge in [-0.05, 0) is 42.0 Å². The lowest BCUT2D eigenvalue weighted by atomic mass is 9.93. The Kier molecular flexibility index (Phi) is 5.72. The minimum Gasteiger partial charge on any atom is -0.497 e. The van der Waals surface area contributed by atoms with Gasteiger partial charge in [0.05, 0.1) is 13.7 Å². The van der Waals surface area contributed by atoms with Crippen molar-refractivity contribution in [1.29, 1.82) is 0 Å². The van der Waals surface area contributed by atoms with Crippen molar-refractivity contribution in [2.75, 3.05) is 19.0 Å². The summed E-state index contributed by atoms with van der Waals surface area (Å²) in [7, 11) is 1.58. The summed E-state index contributed by atoms with van der Waals surface area (Å²) in [5, 5.41) is 19.5. The monoisotopic (exact) mass is 371 g/mol. The van der Waals surface area contributed by atoms with Gasteiger partial charge < -0.3 is 10.1 Å². The molecule has 0 saturated carbocycles. The fourth-order valence-electron chi connectivity index (χ4n) is 2.75. The SMILES string of the molecule is COc1ccc([C@@H]2CN=C(NO)[C@H]2N=NC(=O)Nc2ccc(F)cc2)cc1. The Bertz CT molecular complexity index is 852. The van der Waals surface area contributed by atoms with Gasteiger partial charge >= 0.3 is 6.03 Å². The number of carbonyl (C=O) groups is 1. The summed E-state index contributed by atoms with van der Waals surface area (Å²) in [5.41, 5.74) is 3.33. The first-order valence-electron chi connectivity index (χ1n) is 8.16. The zero-order valence-corrected chi connectivity index (χ0v) is 14.5. The Morgan fingerprint density at radius 2 is 1.93 bits per heavy atom. The van der Waals surface area contributed by atoms with Crippen LogP contribution < -0.4 is 15.5 Å². The van der Waals surface area contributed by atoms with E-state index in [1.165, 1.54) is 24.3 Å². The molecule has 8 nitrogen and oxygen atoms in total. The lowest BCUT2D eigenvalue weighted by Crippen LogP contribution is -2.31. The number of carbonyl (C=O) groups excluding carboxylic acids is 1. The quantitative estimate of drug-likeness (QED) is 0.566. The lowest BCUT2D eigenvalue weighted by Gasteiger charge is -2.16. The smallest absolute Gasteiger partial charge is 0.363 e. The first-order chi connectivity index (χ1) is 13.1. The van der Waals surface area contributed by atoms with Crippen molar-refractivity contribution < 1.29 is 19.1 Å². The van der Waals surface area contributed by atoms with Gasteiger partial charge in [0.25, 0.3) is 0 Å². The largest absolute Gasteiger partial charge is 0.497 e. The number of nitrogens with one attached hydrogen (secondary N) is 2. The number of methoxy groups -OCH3 is 1. The predicted molar refractivity (Wildman–Crippen MR) is 97.0 cm³/mol. The molecule has 0 saturated heterocycles. The number of hydrogen-bond donors (Lipinski definition) is 3. The molecular formula is C18H18FN5O3. The van der Waals surface area contributed by atoms with Crippen LogP contribution >= 0.6 is 0 Å². The molecule has 1 heterocycles. The third-order valence-electron chi connectivity index (χ3n) is 4.15. The van der Waals surface area contributed by atoms with Crippen molar-refractivity contribution in [3.05, 3.63) is 59.9 Å². The number of benzene rings is 2. The maximum Gasteiger partial charge on any atom is 0.363 e. The summed E-state index contributed by atoms with van der Waals surface area (Å²) in [6, 6.07) is 11.3. The van der Waals surface area contributed by atoms with Crippen LogP contribution in [0.5, 0.6) is 5.75 Å². The van der Waals surface area contributed by atoms with Crippen molar-refractivity contribution in [2.45, 2.75) is 12.0 Å². The van der Waals surface area contributed by atoms with Gasteiger partial charge in [0.1, 0.15) is 23.4 Å². The highest BCUT2D eigenvalue weighted by atomic mass is 19.1. The molecule has 3 N–H and O–H groups in total. The minimum absolute atomic E-state index is 0.187. The van der Waals surface area contributed by atoms with E-state index in [4.69, 9.17) is 4.74 Å². The standard InChI is InChI=1S/C18H18FN5O3/c1-27-14-8-2-11(3-9-14)15-10-20-17(24-26)16(15)22-23-18(25)21-13-6-4-12(19)5-7-13/h2-9,15-16,26H,10H2,1H3,(H,20,24)(H,21,25)/t15-,16-/m0/s1. The molecule has 0 fully saturated rings. The molecule has 2 aromatic rings. The normalized spacial score (nSPS) is 19.0. The maximum atomic E-state index is 12.9. The molecule has 3 rings (SSSR count). The number of aliphatic imine (C=N–C) groups is 1. The Hall–Kier alpha value is -3.33. The van der Waals surface area contributed by atoms with Gasteiger partial charge in [-0.25, -0.2) is 9.18 Å². The van der Waals surface area contributed by atoms with E-state index in [9.17, 15) is 14.4 Å². The van der Waals surface area contributed by atoms with E-state index in [2.05, 4.69) is 20.5 Å². The highest BCUT2D eigenvalue weighted by molar-refractivity contribution is 5.91. The second kappa shape index (κ2) is 8.37. The van der Waals surface area contributed by atoms with E-state index in [0.717, 1.165) is 11.3 Å². The Morgan fingerprint density at radius 3 is 2.56 bits per heavy atom. The summed E-state index contributed by atoms with van der Waals surface area (Å²) in [6.07, 6.45) is 0. The van der Waals surface area contributed by atoms with E-state index in [-0.39, 0.29) is 11.8 Å². The number of urea groups is 1. The second-order valence-corrected chi connectivity index (χ2v) is 5.81. The minimum atomic E-state index is -0.709. The molecule has 0 radical (unpaired) electrons. The number of hydroxylamine groups is 1. The summed E-state index contributed by atoms with van der Waals surface area (Å²) in [6.45, 7) is 0.387. The van der Waals surface area contributed by atoms with Crippen LogP contribution in [0.15, 0.2) is 63.8 Å². The molecule has 0 aliphatic carbocycles. The molecule has 9 heteroatoms. The number of amidine groups is 1. The molecule has 2 amide bonds. The van der Waals surface area contributed by atoms with Crippen LogP contribution in [0.2, 0.25) is 0 Å². The summed E-state index contributed by atoms with van der Waals surface area (Å²) in [5.74, 6) is 0.356. The van der Waals surface area contributed by atoms with E-state index in [0.29, 0.717) is 12.2 Å². The van der Waals surface area contributed by atoms with Crippen molar-refractivity contribution in [1.82, 2.24) is 5.48 Å². The molecule has 0 unspecified atom stereocenters. The number of amides is 2. The zero-order chi connectivity index (χ0) is 19.2. The second-order valence-electron chi connectivity index (χ2n) is 5.81. The number of rotatable bonds is 4. The van der Waals surface area contributed by atoms with Gasteiger partial charge in [-0.15, -0.1) is 0 Å². The van der Waals surface area contributed by atoms with Crippen LogP contribution in [-0.4, -0.2) is 36.8 Å². The molecule has 1 aliphatic rings. The van der Waals surface area contributed by atoms with Gasteiger partial charge in [-0.1, -0.05) is 17.2 Å². The third kappa shape index (κ3) is 4.45. The summed E-state index contributed by atoms with van der Waals surface area (Å²) in [4.78, 5) is 16.2. The Labute approximate surface area is 154 Å². The molecule has 27 heavy (non-hydrogen) atoms. The first-order valence-corrected chi connectivity index (χ1v) is 8.16. The number of hydrogen-bond acceptors (Lipinski definition) is 6. The Balaban J connectivity index is 1.72. The van der Waals surface area contributed by atoms with Gasteiger partial charge in [-0.3, -0.25) is 15.7 Å². The average molecular weight is 371 g/mol. The fourth-order valence-corrected chi connectivity index (χ4v) is 2.75. The van der Waals surface area contributed by atoms with Crippen LogP contribution in [0, 0.1) is 5.82 Å². The van der Waals surface area contributed by atoms with Crippen LogP contribution in [-0.2, 0) is 0 Å². The maximum absolute atomic E-state index is 12.9. The van der Waals surface area contributed by atoms with Crippen LogP contribution in [0.3, 0.4) is 0 Å². The summed E-state index contributed by atoms with van der Waals surface area (Å²) < 4.78 is 18.0. The van der Waals surface area contributed by atoms with Gasteiger partial charge in [0, 0.05) is 11.6 Å². The fraction of sp³-hybridized carbons (Fsp3) is 0.222. The molecule has 0 bridgehead atoms. The summed E-state index contributed by atoms with van der Waals surface area (Å²) >= 11 is 0. The molecule has 0 spiro atoms. The number of nitrogens with zero attached hydrogens (tertiary/aromatic N) is 3. The van der Waals surface area contributed by atoms with E-state index in [1.54, 1.807) is 7.11 Å². The first kappa shape index (κ1) is 18.5. The van der Waals surface area contributed by atoms with Crippen LogP contribution in [0.25, 0.3) is 0 Å². The van der Waals surface area contributed by atoms with Crippen molar-refractivity contribution in [2.24, 2.45) is 15.2 Å². The highest BCUT2D eigenvalue weighted by Crippen LogP contribution is 2.29. The number of azo groups is 1. The third-order valence-corrected chi connectivity index (χ3v) is 4.15. The van der Waals surface area contributed by atoms with Crippen LogP contribution in [0.4, 0.5) is 14.9 Å². The zero-order valence-electron chi connectivity index (χ0n) is 14.5. The number of ether oxygens (including phenoxy) is 1. The van der Waals surface area contributed by atoms with Crippen molar-refractivity contribution in [3.63, 3.8) is 0 Å². The number of anilines is 1. The molecule has 2 atom stereocenters. The van der Waals surface area contributed by atoms with Crippen LogP contribution in [0.1, 0.15) is 11.5 Å². The van der Waals surface area contributed by atoms with E-state index < -0.39 is 17.9 Å². The van der Waals surface area contributed by atoms with Crippen molar-refractivity contribution in [3.8, 4) is 5.75 Å².